The fourth-order valence-corrected chi connectivity index (χ4v) is 2.68. The van der Waals surface area contributed by atoms with E-state index in [-0.39, 0.29) is 17.1 Å². The Morgan fingerprint density at radius 3 is 1.86 bits per heavy atom. The Bertz CT molecular complexity index is 743. The summed E-state index contributed by atoms with van der Waals surface area (Å²) in [5.74, 6) is -0.595. The van der Waals surface area contributed by atoms with Gasteiger partial charge >= 0.3 is 0 Å². The fourth-order valence-electron chi connectivity index (χ4n) is 2.68. The van der Waals surface area contributed by atoms with Gasteiger partial charge in [0, 0.05) is 23.0 Å². The van der Waals surface area contributed by atoms with E-state index < -0.39 is 5.91 Å². The van der Waals surface area contributed by atoms with Gasteiger partial charge in [-0.05, 0) is 45.7 Å². The largest absolute Gasteiger partial charge is 0.507 e. The van der Waals surface area contributed by atoms with Gasteiger partial charge in [-0.3, -0.25) is 9.36 Å². The van der Waals surface area contributed by atoms with Gasteiger partial charge < -0.3 is 14.9 Å². The van der Waals surface area contributed by atoms with E-state index in [4.69, 9.17) is 4.74 Å². The van der Waals surface area contributed by atoms with Gasteiger partial charge in [0.25, 0.3) is 5.91 Å². The zero-order valence-corrected chi connectivity index (χ0v) is 13.7. The van der Waals surface area contributed by atoms with E-state index in [1.165, 1.54) is 11.7 Å². The van der Waals surface area contributed by atoms with Gasteiger partial charge in [0.15, 0.2) is 0 Å². The number of methoxy groups -OCH3 is 1. The summed E-state index contributed by atoms with van der Waals surface area (Å²) in [6, 6.07) is 0. The minimum absolute atomic E-state index is 0.103. The predicted octanol–water partition coefficient (Wildman–Crippen LogP) is 3.14. The second-order valence-corrected chi connectivity index (χ2v) is 5.55. The number of rotatable bonds is 2. The molecular formula is C17H21NO4. The lowest BCUT2D eigenvalue weighted by Crippen LogP contribution is -2.14. The summed E-state index contributed by atoms with van der Waals surface area (Å²) in [6.07, 6.45) is 1.71. The number of nitrogens with zero attached hydrogens (tertiary/aromatic N) is 1. The minimum Gasteiger partial charge on any atom is -0.507 e. The molecule has 2 N–H and O–H groups in total. The van der Waals surface area contributed by atoms with Crippen molar-refractivity contribution in [3.05, 3.63) is 39.7 Å². The number of ether oxygens (including phenoxy) is 1. The molecule has 118 valence electrons. The van der Waals surface area contributed by atoms with Crippen LogP contribution < -0.4 is 4.74 Å². The van der Waals surface area contributed by atoms with Crippen LogP contribution in [0.15, 0.2) is 6.20 Å². The van der Waals surface area contributed by atoms with Crippen molar-refractivity contribution in [2.75, 3.05) is 7.11 Å². The van der Waals surface area contributed by atoms with E-state index in [9.17, 15) is 15.0 Å². The lowest BCUT2D eigenvalue weighted by molar-refractivity contribution is 0.0952. The molecule has 0 fully saturated rings. The van der Waals surface area contributed by atoms with Crippen molar-refractivity contribution in [1.29, 1.82) is 0 Å². The van der Waals surface area contributed by atoms with E-state index >= 15 is 0 Å². The molecular weight excluding hydrogens is 282 g/mol. The smallest absolute Gasteiger partial charge is 0.269 e. The molecule has 0 amide bonds. The number of aromatic hydroxyl groups is 2. The number of aryl methyl sites for hydroxylation is 1. The standard InChI is InChI=1S/C17H21NO4/c1-8-7-18(12(5)9(8)2)17(21)13-14(19)10(3)16(22-6)11(4)15(13)20/h7,19-20H,1-6H3. The van der Waals surface area contributed by atoms with Crippen LogP contribution in [0.5, 0.6) is 17.2 Å². The van der Waals surface area contributed by atoms with Crippen LogP contribution in [0.1, 0.15) is 38.3 Å². The van der Waals surface area contributed by atoms with Gasteiger partial charge in [-0.15, -0.1) is 0 Å². The minimum atomic E-state index is -0.461. The normalized spacial score (nSPS) is 10.8. The van der Waals surface area contributed by atoms with Crippen molar-refractivity contribution in [3.8, 4) is 17.2 Å². The summed E-state index contributed by atoms with van der Waals surface area (Å²) >= 11 is 0. The molecule has 0 atom stereocenters. The van der Waals surface area contributed by atoms with E-state index in [0.717, 1.165) is 16.8 Å². The Balaban J connectivity index is 2.72. The molecule has 0 saturated heterocycles. The molecule has 0 spiro atoms. The summed E-state index contributed by atoms with van der Waals surface area (Å²) in [5, 5.41) is 20.7. The maximum Gasteiger partial charge on any atom is 0.269 e. The lowest BCUT2D eigenvalue weighted by Gasteiger charge is -2.16. The number of hydrogen-bond donors (Lipinski definition) is 2. The van der Waals surface area contributed by atoms with E-state index in [1.54, 1.807) is 20.0 Å². The molecule has 5 nitrogen and oxygen atoms in total. The monoisotopic (exact) mass is 303 g/mol. The molecule has 5 heteroatoms. The number of benzene rings is 1. The SMILES string of the molecule is COc1c(C)c(O)c(C(=O)n2cc(C)c(C)c2C)c(O)c1C. The van der Waals surface area contributed by atoms with Gasteiger partial charge in [-0.2, -0.15) is 0 Å². The first-order valence-corrected chi connectivity index (χ1v) is 7.01. The molecule has 2 rings (SSSR count). The summed E-state index contributed by atoms with van der Waals surface area (Å²) in [6.45, 7) is 8.97. The Morgan fingerprint density at radius 2 is 1.50 bits per heavy atom. The van der Waals surface area contributed by atoms with Crippen molar-refractivity contribution in [1.82, 2.24) is 4.57 Å². The number of phenolic OH excluding ortho intramolecular Hbond substituents is 2. The van der Waals surface area contributed by atoms with Crippen molar-refractivity contribution in [2.24, 2.45) is 0 Å². The van der Waals surface area contributed by atoms with Crippen molar-refractivity contribution >= 4 is 5.91 Å². The average Bonchev–Trinajstić information content (AvgIpc) is 2.73. The highest BCUT2D eigenvalue weighted by Crippen LogP contribution is 2.42. The van der Waals surface area contributed by atoms with Crippen LogP contribution in [0.4, 0.5) is 0 Å². The highest BCUT2D eigenvalue weighted by Gasteiger charge is 2.26. The van der Waals surface area contributed by atoms with Crippen LogP contribution >= 0.6 is 0 Å². The molecule has 0 aliphatic carbocycles. The highest BCUT2D eigenvalue weighted by atomic mass is 16.5. The predicted molar refractivity (Wildman–Crippen MR) is 84.2 cm³/mol. The topological polar surface area (TPSA) is 71.7 Å². The number of carbonyl (C=O) groups excluding carboxylic acids is 1. The molecule has 1 aromatic carbocycles. The maximum absolute atomic E-state index is 12.8. The summed E-state index contributed by atoms with van der Waals surface area (Å²) in [7, 11) is 1.46. The van der Waals surface area contributed by atoms with Crippen LogP contribution in [-0.4, -0.2) is 27.8 Å². The zero-order chi connectivity index (χ0) is 16.8. The second kappa shape index (κ2) is 5.40. The van der Waals surface area contributed by atoms with Gasteiger partial charge in [0.05, 0.1) is 7.11 Å². The first-order valence-electron chi connectivity index (χ1n) is 7.01. The number of carbonyl (C=O) groups is 1. The molecule has 0 radical (unpaired) electrons. The Kier molecular flexibility index (Phi) is 3.92. The molecule has 0 aliphatic heterocycles. The first-order chi connectivity index (χ1) is 10.2. The summed E-state index contributed by atoms with van der Waals surface area (Å²) < 4.78 is 6.64. The third kappa shape index (κ3) is 2.13. The Hall–Kier alpha value is -2.43. The van der Waals surface area contributed by atoms with Gasteiger partial charge in [0.1, 0.15) is 22.8 Å². The first kappa shape index (κ1) is 15.9. The van der Waals surface area contributed by atoms with Gasteiger partial charge in [-0.1, -0.05) is 0 Å². The molecule has 2 aromatic rings. The van der Waals surface area contributed by atoms with Crippen LogP contribution in [-0.2, 0) is 0 Å². The van der Waals surface area contributed by atoms with E-state index in [0.29, 0.717) is 16.9 Å². The molecule has 22 heavy (non-hydrogen) atoms. The lowest BCUT2D eigenvalue weighted by atomic mass is 10.0. The third-order valence-electron chi connectivity index (χ3n) is 4.32. The molecule has 1 aromatic heterocycles. The van der Waals surface area contributed by atoms with Crippen molar-refractivity contribution in [2.45, 2.75) is 34.6 Å². The van der Waals surface area contributed by atoms with Gasteiger partial charge in [-0.25, -0.2) is 0 Å². The highest BCUT2D eigenvalue weighted by molar-refractivity contribution is 6.03. The maximum atomic E-state index is 12.8. The molecule has 0 aliphatic rings. The molecule has 1 heterocycles. The number of aromatic nitrogens is 1. The Morgan fingerprint density at radius 1 is 1.00 bits per heavy atom. The van der Waals surface area contributed by atoms with Gasteiger partial charge in [0.2, 0.25) is 0 Å². The average molecular weight is 303 g/mol. The van der Waals surface area contributed by atoms with Crippen LogP contribution in [0.2, 0.25) is 0 Å². The molecule has 0 saturated carbocycles. The fraction of sp³-hybridized carbons (Fsp3) is 0.353. The van der Waals surface area contributed by atoms with Crippen molar-refractivity contribution in [3.63, 3.8) is 0 Å². The summed E-state index contributed by atoms with van der Waals surface area (Å²) in [5.41, 5.74) is 3.53. The van der Waals surface area contributed by atoms with Crippen LogP contribution in [0.25, 0.3) is 0 Å². The van der Waals surface area contributed by atoms with E-state index in [1.807, 2.05) is 20.8 Å². The summed E-state index contributed by atoms with van der Waals surface area (Å²) in [4.78, 5) is 12.8. The second-order valence-electron chi connectivity index (χ2n) is 5.55. The van der Waals surface area contributed by atoms with Crippen molar-refractivity contribution < 1.29 is 19.7 Å². The number of hydrogen-bond acceptors (Lipinski definition) is 4. The molecule has 0 bridgehead atoms. The Labute approximate surface area is 129 Å². The molecule has 0 unspecified atom stereocenters. The van der Waals surface area contributed by atoms with Crippen LogP contribution in [0.3, 0.4) is 0 Å². The zero-order valence-electron chi connectivity index (χ0n) is 13.7. The van der Waals surface area contributed by atoms with E-state index in [2.05, 4.69) is 0 Å². The number of phenols is 2. The quantitative estimate of drug-likeness (QED) is 0.894. The van der Waals surface area contributed by atoms with Crippen LogP contribution in [0, 0.1) is 34.6 Å². The third-order valence-corrected chi connectivity index (χ3v) is 4.32.